The summed E-state index contributed by atoms with van der Waals surface area (Å²) in [7, 11) is 0. The van der Waals surface area contributed by atoms with E-state index in [1.807, 2.05) is 12.2 Å². The van der Waals surface area contributed by atoms with E-state index in [1.54, 1.807) is 0 Å². The molecule has 4 atom stereocenters. The number of carbonyl (C=O) groups is 2. The number of carboxylic acids is 1. The van der Waals surface area contributed by atoms with E-state index in [0.717, 1.165) is 32.1 Å². The summed E-state index contributed by atoms with van der Waals surface area (Å²) in [4.78, 5) is 28.9. The minimum absolute atomic E-state index is 0.00438. The normalized spacial score (nSPS) is 36.8. The highest BCUT2D eigenvalue weighted by Gasteiger charge is 2.51. The maximum absolute atomic E-state index is 12.2. The number of aliphatic carboxylic acids is 1. The molecule has 0 aromatic carbocycles. The highest BCUT2D eigenvalue weighted by Crippen LogP contribution is 2.48. The molecule has 3 aliphatic rings. The highest BCUT2D eigenvalue weighted by atomic mass is 16.7. The Hall–Kier alpha value is -1.36. The van der Waals surface area contributed by atoms with E-state index in [9.17, 15) is 14.7 Å². The van der Waals surface area contributed by atoms with Crippen LogP contribution in [0.25, 0.3) is 0 Å². The van der Waals surface area contributed by atoms with Crippen molar-refractivity contribution in [2.75, 3.05) is 0 Å². The third-order valence-corrected chi connectivity index (χ3v) is 4.68. The molecule has 2 bridgehead atoms. The van der Waals surface area contributed by atoms with Gasteiger partial charge in [0.15, 0.2) is 0 Å². The lowest BCUT2D eigenvalue weighted by Gasteiger charge is -2.24. The lowest BCUT2D eigenvalue weighted by molar-refractivity contribution is -0.153. The molecule has 2 saturated carbocycles. The molecule has 104 valence electrons. The Kier molecular flexibility index (Phi) is 3.31. The van der Waals surface area contributed by atoms with E-state index in [1.165, 1.54) is 0 Å². The smallest absolute Gasteiger partial charge is 0.307 e. The zero-order valence-corrected chi connectivity index (χ0v) is 10.7. The average molecular weight is 265 g/mol. The fourth-order valence-corrected chi connectivity index (χ4v) is 3.73. The SMILES string of the molecule is O=C(O)[C@@H]1C2C=CC(C2)[C@@H]1C(=O)NOC1CCCC1. The molecule has 2 N–H and O–H groups in total. The van der Waals surface area contributed by atoms with Gasteiger partial charge in [0.25, 0.3) is 0 Å². The van der Waals surface area contributed by atoms with Gasteiger partial charge in [-0.3, -0.25) is 14.4 Å². The summed E-state index contributed by atoms with van der Waals surface area (Å²) in [5.41, 5.74) is 2.50. The lowest BCUT2D eigenvalue weighted by atomic mass is 9.82. The van der Waals surface area contributed by atoms with E-state index < -0.39 is 17.8 Å². The second-order valence-electron chi connectivity index (χ2n) is 5.83. The predicted molar refractivity (Wildman–Crippen MR) is 66.8 cm³/mol. The Morgan fingerprint density at radius 3 is 2.37 bits per heavy atom. The van der Waals surface area contributed by atoms with Crippen LogP contribution in [0.2, 0.25) is 0 Å². The van der Waals surface area contributed by atoms with Gasteiger partial charge in [0.2, 0.25) is 5.91 Å². The Labute approximate surface area is 112 Å². The first-order chi connectivity index (χ1) is 9.16. The summed E-state index contributed by atoms with van der Waals surface area (Å²) in [5.74, 6) is -2.16. The molecule has 0 aromatic rings. The summed E-state index contributed by atoms with van der Waals surface area (Å²) in [6, 6.07) is 0. The van der Waals surface area contributed by atoms with E-state index >= 15 is 0 Å². The fraction of sp³-hybridized carbons (Fsp3) is 0.714. The van der Waals surface area contributed by atoms with Crippen LogP contribution in [-0.4, -0.2) is 23.1 Å². The molecule has 5 nitrogen and oxygen atoms in total. The number of nitrogens with one attached hydrogen (secondary N) is 1. The average Bonchev–Trinajstić information content (AvgIpc) is 3.10. The predicted octanol–water partition coefficient (Wildman–Crippen LogP) is 1.50. The maximum Gasteiger partial charge on any atom is 0.307 e. The summed E-state index contributed by atoms with van der Waals surface area (Å²) in [6.07, 6.45) is 9.00. The molecule has 2 unspecified atom stereocenters. The minimum Gasteiger partial charge on any atom is -0.481 e. The summed E-state index contributed by atoms with van der Waals surface area (Å²) in [6.45, 7) is 0. The molecule has 0 heterocycles. The zero-order chi connectivity index (χ0) is 13.4. The van der Waals surface area contributed by atoms with Crippen LogP contribution >= 0.6 is 0 Å². The van der Waals surface area contributed by atoms with Crippen molar-refractivity contribution < 1.29 is 19.5 Å². The molecule has 0 aliphatic heterocycles. The summed E-state index contributed by atoms with van der Waals surface area (Å²) < 4.78 is 0. The number of amides is 1. The number of allylic oxidation sites excluding steroid dienone is 2. The van der Waals surface area contributed by atoms with Crippen LogP contribution < -0.4 is 5.48 Å². The molecule has 0 spiro atoms. The molecule has 3 aliphatic carbocycles. The van der Waals surface area contributed by atoms with Crippen LogP contribution in [0.3, 0.4) is 0 Å². The van der Waals surface area contributed by atoms with Crippen LogP contribution in [0.1, 0.15) is 32.1 Å². The summed E-state index contributed by atoms with van der Waals surface area (Å²) in [5, 5.41) is 9.28. The highest BCUT2D eigenvalue weighted by molar-refractivity contribution is 5.86. The van der Waals surface area contributed by atoms with Gasteiger partial charge in [-0.05, 0) is 31.1 Å². The standard InChI is InChI=1S/C14H19NO4/c16-13(15-19-10-3-1-2-4-10)11-8-5-6-9(7-8)12(11)14(17)18/h5-6,8-12H,1-4,7H2,(H,15,16)(H,17,18)/t8?,9?,11-,12+/m0/s1. The molecule has 2 fully saturated rings. The lowest BCUT2D eigenvalue weighted by Crippen LogP contribution is -2.41. The number of hydroxylamine groups is 1. The van der Waals surface area contributed by atoms with Crippen LogP contribution in [-0.2, 0) is 14.4 Å². The van der Waals surface area contributed by atoms with Crippen LogP contribution in [0.15, 0.2) is 12.2 Å². The number of rotatable bonds is 4. The number of fused-ring (bicyclic) bond motifs is 2. The van der Waals surface area contributed by atoms with Crippen LogP contribution in [0.4, 0.5) is 0 Å². The second kappa shape index (κ2) is 4.96. The van der Waals surface area contributed by atoms with E-state index in [4.69, 9.17) is 4.84 Å². The van der Waals surface area contributed by atoms with Crippen LogP contribution in [0.5, 0.6) is 0 Å². The van der Waals surface area contributed by atoms with Crippen molar-refractivity contribution in [3.63, 3.8) is 0 Å². The Morgan fingerprint density at radius 2 is 1.74 bits per heavy atom. The molecule has 3 rings (SSSR count). The van der Waals surface area contributed by atoms with Gasteiger partial charge in [-0.1, -0.05) is 25.0 Å². The quantitative estimate of drug-likeness (QED) is 0.596. The van der Waals surface area contributed by atoms with E-state index in [-0.39, 0.29) is 23.8 Å². The third kappa shape index (κ3) is 2.27. The first-order valence-corrected chi connectivity index (χ1v) is 7.03. The van der Waals surface area contributed by atoms with Crippen molar-refractivity contribution in [2.45, 2.75) is 38.2 Å². The topological polar surface area (TPSA) is 75.6 Å². The first-order valence-electron chi connectivity index (χ1n) is 7.03. The van der Waals surface area contributed by atoms with Crippen molar-refractivity contribution in [1.29, 1.82) is 0 Å². The number of hydrogen-bond acceptors (Lipinski definition) is 3. The zero-order valence-electron chi connectivity index (χ0n) is 10.7. The molecule has 1 amide bonds. The largest absolute Gasteiger partial charge is 0.481 e. The maximum atomic E-state index is 12.2. The van der Waals surface area contributed by atoms with Gasteiger partial charge < -0.3 is 5.11 Å². The molecule has 0 saturated heterocycles. The van der Waals surface area contributed by atoms with Crippen molar-refractivity contribution in [3.8, 4) is 0 Å². The van der Waals surface area contributed by atoms with E-state index in [2.05, 4.69) is 5.48 Å². The molecular weight excluding hydrogens is 246 g/mol. The third-order valence-electron chi connectivity index (χ3n) is 4.68. The molecule has 0 aromatic heterocycles. The van der Waals surface area contributed by atoms with Crippen molar-refractivity contribution in [3.05, 3.63) is 12.2 Å². The van der Waals surface area contributed by atoms with Gasteiger partial charge in [0.1, 0.15) is 0 Å². The summed E-state index contributed by atoms with van der Waals surface area (Å²) >= 11 is 0. The molecule has 19 heavy (non-hydrogen) atoms. The van der Waals surface area contributed by atoms with E-state index in [0.29, 0.717) is 0 Å². The Bertz CT molecular complexity index is 414. The minimum atomic E-state index is -0.877. The van der Waals surface area contributed by atoms with Crippen LogP contribution in [0, 0.1) is 23.7 Å². The fourth-order valence-electron chi connectivity index (χ4n) is 3.73. The van der Waals surface area contributed by atoms with Gasteiger partial charge in [-0.15, -0.1) is 0 Å². The van der Waals surface area contributed by atoms with Crippen molar-refractivity contribution in [1.82, 2.24) is 5.48 Å². The second-order valence-corrected chi connectivity index (χ2v) is 5.83. The van der Waals surface area contributed by atoms with Gasteiger partial charge >= 0.3 is 5.97 Å². The van der Waals surface area contributed by atoms with Gasteiger partial charge in [-0.25, -0.2) is 5.48 Å². The van der Waals surface area contributed by atoms with Gasteiger partial charge in [0.05, 0.1) is 17.9 Å². The van der Waals surface area contributed by atoms with Crippen molar-refractivity contribution in [2.24, 2.45) is 23.7 Å². The number of hydrogen-bond donors (Lipinski definition) is 2. The number of carbonyl (C=O) groups excluding carboxylic acids is 1. The van der Waals surface area contributed by atoms with Gasteiger partial charge in [-0.2, -0.15) is 0 Å². The monoisotopic (exact) mass is 265 g/mol. The molecular formula is C14H19NO4. The number of carboxylic acid groups (broad SMARTS) is 1. The Morgan fingerprint density at radius 1 is 1.11 bits per heavy atom. The Balaban J connectivity index is 1.62. The first kappa shape index (κ1) is 12.7. The van der Waals surface area contributed by atoms with Crippen molar-refractivity contribution >= 4 is 11.9 Å². The molecule has 0 radical (unpaired) electrons. The molecule has 5 heteroatoms. The van der Waals surface area contributed by atoms with Gasteiger partial charge in [0, 0.05) is 0 Å².